The van der Waals surface area contributed by atoms with E-state index in [4.69, 9.17) is 21.7 Å². The number of thioether (sulfide) groups is 1. The highest BCUT2D eigenvalue weighted by Crippen LogP contribution is 2.38. The average Bonchev–Trinajstić information content (AvgIpc) is 3.22. The van der Waals surface area contributed by atoms with Crippen LogP contribution in [0.2, 0.25) is 5.02 Å². The van der Waals surface area contributed by atoms with Crippen molar-refractivity contribution in [3.05, 3.63) is 94.0 Å². The standard InChI is InChI=1S/C29H28ClN3O3S/c30-22-7-10-24-25(17-22)32-29(36)27(24)28(21-3-1-2-19(16-21)6-11-26(34)35)31-23-8-4-20(5-9-23)18-33-12-14-37-15-13-33/h1-5,7-10,16-17,27H,6,11-15,18H2,(H,32,36)(H,34,35). The number of nitrogens with one attached hydrogen (secondary N) is 1. The second-order valence-corrected chi connectivity index (χ2v) is 11.0. The molecule has 0 bridgehead atoms. The molecule has 0 radical (unpaired) electrons. The maximum atomic E-state index is 13.2. The van der Waals surface area contributed by atoms with Crippen LogP contribution >= 0.6 is 23.4 Å². The predicted molar refractivity (Wildman–Crippen MR) is 150 cm³/mol. The third-order valence-corrected chi connectivity index (χ3v) is 7.84. The minimum absolute atomic E-state index is 0.0400. The summed E-state index contributed by atoms with van der Waals surface area (Å²) in [5.41, 5.74) is 5.81. The number of carboxylic acid groups (broad SMARTS) is 1. The summed E-state index contributed by atoms with van der Waals surface area (Å²) in [7, 11) is 0. The molecule has 3 aromatic rings. The number of hydrogen-bond donors (Lipinski definition) is 2. The third kappa shape index (κ3) is 6.24. The van der Waals surface area contributed by atoms with Gasteiger partial charge in [-0.15, -0.1) is 0 Å². The number of anilines is 1. The zero-order valence-corrected chi connectivity index (χ0v) is 21.9. The first-order valence-electron chi connectivity index (χ1n) is 12.4. The molecule has 2 N–H and O–H groups in total. The molecule has 0 aliphatic carbocycles. The molecule has 2 aliphatic rings. The zero-order chi connectivity index (χ0) is 25.8. The number of aliphatic imine (C=N–C) groups is 1. The van der Waals surface area contributed by atoms with E-state index in [0.29, 0.717) is 22.8 Å². The summed E-state index contributed by atoms with van der Waals surface area (Å²) in [6.07, 6.45) is 0.446. The number of nitrogens with zero attached hydrogens (tertiary/aromatic N) is 2. The quantitative estimate of drug-likeness (QED) is 0.360. The van der Waals surface area contributed by atoms with E-state index in [1.165, 1.54) is 17.1 Å². The minimum Gasteiger partial charge on any atom is -0.481 e. The number of carboxylic acids is 1. The molecule has 2 heterocycles. The Hall–Kier alpha value is -3.13. The molecule has 5 rings (SSSR count). The monoisotopic (exact) mass is 533 g/mol. The van der Waals surface area contributed by atoms with E-state index >= 15 is 0 Å². The van der Waals surface area contributed by atoms with Gasteiger partial charge >= 0.3 is 5.97 Å². The van der Waals surface area contributed by atoms with E-state index in [1.54, 1.807) is 12.1 Å². The Morgan fingerprint density at radius 3 is 2.59 bits per heavy atom. The lowest BCUT2D eigenvalue weighted by atomic mass is 9.89. The first-order valence-corrected chi connectivity index (χ1v) is 13.9. The topological polar surface area (TPSA) is 82.0 Å². The van der Waals surface area contributed by atoms with Crippen molar-refractivity contribution in [2.75, 3.05) is 29.9 Å². The number of rotatable bonds is 8. The van der Waals surface area contributed by atoms with E-state index in [2.05, 4.69) is 22.3 Å². The number of aryl methyl sites for hydroxylation is 1. The normalized spacial score (nSPS) is 17.9. The molecule has 3 aromatic carbocycles. The number of carbonyl (C=O) groups excluding carboxylic acids is 1. The van der Waals surface area contributed by atoms with Gasteiger partial charge in [-0.3, -0.25) is 19.5 Å². The highest BCUT2D eigenvalue weighted by molar-refractivity contribution is 7.99. The van der Waals surface area contributed by atoms with Gasteiger partial charge in [-0.2, -0.15) is 11.8 Å². The number of hydrogen-bond acceptors (Lipinski definition) is 5. The number of amides is 1. The SMILES string of the molecule is O=C(O)CCc1cccc(C(=Nc2ccc(CN3CCSCC3)cc2)C2C(=O)Nc3cc(Cl)ccc32)c1. The van der Waals surface area contributed by atoms with E-state index in [-0.39, 0.29) is 12.3 Å². The lowest BCUT2D eigenvalue weighted by molar-refractivity contribution is -0.137. The molecular formula is C29H28ClN3O3S. The van der Waals surface area contributed by atoms with Crippen LogP contribution in [0.25, 0.3) is 0 Å². The van der Waals surface area contributed by atoms with Gasteiger partial charge in [-0.05, 0) is 59.0 Å². The number of aliphatic carboxylic acids is 1. The molecule has 2 aliphatic heterocycles. The molecule has 8 heteroatoms. The largest absolute Gasteiger partial charge is 0.481 e. The number of benzene rings is 3. The van der Waals surface area contributed by atoms with Crippen molar-refractivity contribution >= 4 is 52.3 Å². The van der Waals surface area contributed by atoms with Crippen LogP contribution in [0.5, 0.6) is 0 Å². The number of halogens is 1. The fraction of sp³-hybridized carbons (Fsp3) is 0.276. The molecule has 0 aromatic heterocycles. The van der Waals surface area contributed by atoms with Gasteiger partial charge in [0.2, 0.25) is 5.91 Å². The fourth-order valence-corrected chi connectivity index (χ4v) is 5.92. The van der Waals surface area contributed by atoms with E-state index in [1.807, 2.05) is 54.2 Å². The maximum Gasteiger partial charge on any atom is 0.303 e. The summed E-state index contributed by atoms with van der Waals surface area (Å²) in [6, 6.07) is 21.2. The van der Waals surface area contributed by atoms with Crippen molar-refractivity contribution in [3.8, 4) is 0 Å². The highest BCUT2D eigenvalue weighted by atomic mass is 35.5. The van der Waals surface area contributed by atoms with Crippen molar-refractivity contribution in [3.63, 3.8) is 0 Å². The van der Waals surface area contributed by atoms with Gasteiger partial charge < -0.3 is 10.4 Å². The zero-order valence-electron chi connectivity index (χ0n) is 20.3. The summed E-state index contributed by atoms with van der Waals surface area (Å²) in [5, 5.41) is 12.6. The predicted octanol–water partition coefficient (Wildman–Crippen LogP) is 5.76. The molecule has 0 saturated carbocycles. The van der Waals surface area contributed by atoms with Crippen LogP contribution < -0.4 is 5.32 Å². The molecule has 6 nitrogen and oxygen atoms in total. The summed E-state index contributed by atoms with van der Waals surface area (Å²) in [6.45, 7) is 3.13. The van der Waals surface area contributed by atoms with Gasteiger partial charge in [0.25, 0.3) is 0 Å². The van der Waals surface area contributed by atoms with Gasteiger partial charge in [-0.1, -0.05) is 48.0 Å². The van der Waals surface area contributed by atoms with Crippen molar-refractivity contribution < 1.29 is 14.7 Å². The molecule has 1 amide bonds. The van der Waals surface area contributed by atoms with Crippen LogP contribution in [0.15, 0.2) is 71.7 Å². The molecule has 1 saturated heterocycles. The van der Waals surface area contributed by atoms with Gasteiger partial charge in [0.1, 0.15) is 5.92 Å². The Morgan fingerprint density at radius 2 is 1.84 bits per heavy atom. The Morgan fingerprint density at radius 1 is 1.05 bits per heavy atom. The van der Waals surface area contributed by atoms with Crippen LogP contribution in [0.3, 0.4) is 0 Å². The van der Waals surface area contributed by atoms with Crippen LogP contribution in [0.1, 0.15) is 34.6 Å². The second-order valence-electron chi connectivity index (χ2n) is 9.30. The number of carbonyl (C=O) groups is 2. The van der Waals surface area contributed by atoms with Gasteiger partial charge in [0, 0.05) is 48.3 Å². The van der Waals surface area contributed by atoms with Crippen LogP contribution in [0.4, 0.5) is 11.4 Å². The Kier molecular flexibility index (Phi) is 7.93. The summed E-state index contributed by atoms with van der Waals surface area (Å²) in [5.74, 6) is 0.739. The lowest BCUT2D eigenvalue weighted by Gasteiger charge is -2.26. The van der Waals surface area contributed by atoms with Crippen molar-refractivity contribution in [2.45, 2.75) is 25.3 Å². The summed E-state index contributed by atoms with van der Waals surface area (Å²) >= 11 is 8.18. The fourth-order valence-electron chi connectivity index (χ4n) is 4.77. The first kappa shape index (κ1) is 25.5. The van der Waals surface area contributed by atoms with Crippen LogP contribution in [-0.2, 0) is 22.6 Å². The summed E-state index contributed by atoms with van der Waals surface area (Å²) in [4.78, 5) is 31.8. The Balaban J connectivity index is 1.50. The molecule has 190 valence electrons. The van der Waals surface area contributed by atoms with Crippen molar-refractivity contribution in [1.29, 1.82) is 0 Å². The molecule has 1 atom stereocenters. The second kappa shape index (κ2) is 11.5. The summed E-state index contributed by atoms with van der Waals surface area (Å²) < 4.78 is 0. The van der Waals surface area contributed by atoms with Crippen LogP contribution in [-0.4, -0.2) is 52.2 Å². The molecule has 1 fully saturated rings. The van der Waals surface area contributed by atoms with Gasteiger partial charge in [0.05, 0.1) is 11.4 Å². The van der Waals surface area contributed by atoms with Crippen molar-refractivity contribution in [2.24, 2.45) is 4.99 Å². The maximum absolute atomic E-state index is 13.2. The minimum atomic E-state index is -0.844. The number of fused-ring (bicyclic) bond motifs is 1. The average molecular weight is 534 g/mol. The first-order chi connectivity index (χ1) is 18.0. The molecule has 1 unspecified atom stereocenters. The smallest absolute Gasteiger partial charge is 0.303 e. The highest BCUT2D eigenvalue weighted by Gasteiger charge is 2.35. The Bertz CT molecular complexity index is 1340. The third-order valence-electron chi connectivity index (χ3n) is 6.67. The van der Waals surface area contributed by atoms with Crippen molar-refractivity contribution in [1.82, 2.24) is 4.90 Å². The van der Waals surface area contributed by atoms with E-state index in [9.17, 15) is 9.59 Å². The van der Waals surface area contributed by atoms with Gasteiger partial charge in [0.15, 0.2) is 0 Å². The molecular weight excluding hydrogens is 506 g/mol. The van der Waals surface area contributed by atoms with E-state index < -0.39 is 11.9 Å². The Labute approximate surface area is 225 Å². The van der Waals surface area contributed by atoms with E-state index in [0.717, 1.165) is 42.0 Å². The lowest BCUT2D eigenvalue weighted by Crippen LogP contribution is -2.31. The molecule has 37 heavy (non-hydrogen) atoms. The van der Waals surface area contributed by atoms with Gasteiger partial charge in [-0.25, -0.2) is 0 Å². The van der Waals surface area contributed by atoms with Crippen LogP contribution in [0, 0.1) is 0 Å². The molecule has 0 spiro atoms.